The lowest BCUT2D eigenvalue weighted by molar-refractivity contribution is -0.126. The van der Waals surface area contributed by atoms with Gasteiger partial charge in [0.05, 0.1) is 22.2 Å². The summed E-state index contributed by atoms with van der Waals surface area (Å²) in [5, 5.41) is 2.85. The van der Waals surface area contributed by atoms with Crippen LogP contribution in [-0.2, 0) is 16.8 Å². The summed E-state index contributed by atoms with van der Waals surface area (Å²) in [6.07, 6.45) is 0. The molecule has 0 unspecified atom stereocenters. The lowest BCUT2D eigenvalue weighted by atomic mass is 9.78. The molecule has 2 heterocycles. The predicted molar refractivity (Wildman–Crippen MR) is 88.9 cm³/mol. The van der Waals surface area contributed by atoms with Crippen LogP contribution in [0.5, 0.6) is 0 Å². The Bertz CT molecular complexity index is 880. The van der Waals surface area contributed by atoms with Gasteiger partial charge < -0.3 is 5.32 Å². The van der Waals surface area contributed by atoms with Crippen molar-refractivity contribution < 1.29 is 14.4 Å². The first-order valence-corrected chi connectivity index (χ1v) is 7.81. The maximum atomic E-state index is 12.7. The lowest BCUT2D eigenvalue weighted by Gasteiger charge is -2.34. The highest BCUT2D eigenvalue weighted by atomic mass is 16.2. The number of nitrogens with zero attached hydrogens (tertiary/aromatic N) is 1. The van der Waals surface area contributed by atoms with Gasteiger partial charge in [-0.15, -0.1) is 0 Å². The molecule has 5 nitrogen and oxygen atoms in total. The number of rotatable bonds is 1. The Morgan fingerprint density at radius 3 is 2.17 bits per heavy atom. The predicted octanol–water partition coefficient (Wildman–Crippen LogP) is 2.39. The molecule has 3 amide bonds. The van der Waals surface area contributed by atoms with Crippen LogP contribution in [-0.4, -0.2) is 17.7 Å². The van der Waals surface area contributed by atoms with Crippen LogP contribution < -0.4 is 10.2 Å². The molecule has 2 aromatic rings. The van der Waals surface area contributed by atoms with E-state index in [9.17, 15) is 14.4 Å². The van der Waals surface area contributed by atoms with Gasteiger partial charge >= 0.3 is 0 Å². The highest BCUT2D eigenvalue weighted by Crippen LogP contribution is 2.38. The monoisotopic (exact) mass is 320 g/mol. The van der Waals surface area contributed by atoms with Gasteiger partial charge in [-0.3, -0.25) is 14.4 Å². The molecule has 0 bridgehead atoms. The van der Waals surface area contributed by atoms with E-state index in [1.165, 1.54) is 4.90 Å². The first kappa shape index (κ1) is 14.6. The first-order valence-electron chi connectivity index (χ1n) is 7.81. The number of imide groups is 1. The highest BCUT2D eigenvalue weighted by molar-refractivity contribution is 6.34. The average Bonchev–Trinajstić information content (AvgIpc) is 2.83. The van der Waals surface area contributed by atoms with Crippen molar-refractivity contribution in [1.29, 1.82) is 0 Å². The third kappa shape index (κ3) is 1.78. The van der Waals surface area contributed by atoms with E-state index in [2.05, 4.69) is 5.32 Å². The normalized spacial score (nSPS) is 18.2. The summed E-state index contributed by atoms with van der Waals surface area (Å²) in [4.78, 5) is 38.9. The Hall–Kier alpha value is -2.95. The number of anilines is 1. The number of hydrogen-bond donors (Lipinski definition) is 1. The minimum absolute atomic E-state index is 0.0606. The van der Waals surface area contributed by atoms with Crippen LogP contribution in [0.1, 0.15) is 45.7 Å². The molecule has 4 rings (SSSR count). The minimum Gasteiger partial charge on any atom is -0.351 e. The lowest BCUT2D eigenvalue weighted by Crippen LogP contribution is -2.45. The van der Waals surface area contributed by atoms with Crippen LogP contribution in [0.2, 0.25) is 0 Å². The van der Waals surface area contributed by atoms with Gasteiger partial charge in [-0.05, 0) is 43.2 Å². The van der Waals surface area contributed by atoms with Crippen molar-refractivity contribution >= 4 is 23.4 Å². The summed E-state index contributed by atoms with van der Waals surface area (Å²) in [7, 11) is 0. The van der Waals surface area contributed by atoms with E-state index in [1.807, 2.05) is 19.9 Å². The molecule has 2 aromatic carbocycles. The van der Waals surface area contributed by atoms with Gasteiger partial charge in [0.15, 0.2) is 0 Å². The molecule has 2 aliphatic rings. The zero-order chi connectivity index (χ0) is 17.1. The number of hydrogen-bond acceptors (Lipinski definition) is 3. The van der Waals surface area contributed by atoms with Crippen LogP contribution >= 0.6 is 0 Å². The number of benzene rings is 2. The molecule has 5 heteroatoms. The molecule has 0 aliphatic carbocycles. The Labute approximate surface area is 139 Å². The van der Waals surface area contributed by atoms with E-state index < -0.39 is 5.41 Å². The van der Waals surface area contributed by atoms with Gasteiger partial charge in [-0.2, -0.15) is 0 Å². The Kier molecular flexibility index (Phi) is 2.91. The standard InChI is InChI=1S/C19H16N2O3/c1-19(2)14-8-5-9-15(13(14)10-20-18(19)24)21-16(22)11-6-3-4-7-12(11)17(21)23/h3-9H,10H2,1-2H3,(H,20,24). The average molecular weight is 320 g/mol. The van der Waals surface area contributed by atoms with Crippen LogP contribution in [0.15, 0.2) is 42.5 Å². The molecule has 1 N–H and O–H groups in total. The van der Waals surface area contributed by atoms with E-state index in [0.717, 1.165) is 11.1 Å². The second kappa shape index (κ2) is 4.77. The second-order valence-corrected chi connectivity index (χ2v) is 6.60. The largest absolute Gasteiger partial charge is 0.351 e. The molecule has 24 heavy (non-hydrogen) atoms. The zero-order valence-corrected chi connectivity index (χ0v) is 13.4. The van der Waals surface area contributed by atoms with Crippen LogP contribution in [0.4, 0.5) is 5.69 Å². The number of amides is 3. The third-order valence-electron chi connectivity index (χ3n) is 4.85. The molecule has 2 aliphatic heterocycles. The van der Waals surface area contributed by atoms with Crippen molar-refractivity contribution in [2.75, 3.05) is 4.90 Å². The second-order valence-electron chi connectivity index (χ2n) is 6.60. The molecule has 0 saturated heterocycles. The van der Waals surface area contributed by atoms with Gasteiger partial charge in [0, 0.05) is 6.54 Å². The van der Waals surface area contributed by atoms with Crippen molar-refractivity contribution in [2.24, 2.45) is 0 Å². The van der Waals surface area contributed by atoms with Gasteiger partial charge in [0.1, 0.15) is 0 Å². The molecule has 0 aromatic heterocycles. The number of carbonyl (C=O) groups is 3. The van der Waals surface area contributed by atoms with Gasteiger partial charge in [-0.25, -0.2) is 4.90 Å². The summed E-state index contributed by atoms with van der Waals surface area (Å²) in [5.41, 5.74) is 2.34. The smallest absolute Gasteiger partial charge is 0.266 e. The van der Waals surface area contributed by atoms with E-state index in [1.54, 1.807) is 36.4 Å². The quantitative estimate of drug-likeness (QED) is 0.821. The van der Waals surface area contributed by atoms with Crippen molar-refractivity contribution in [2.45, 2.75) is 25.8 Å². The minimum atomic E-state index is -0.706. The highest BCUT2D eigenvalue weighted by Gasteiger charge is 2.41. The van der Waals surface area contributed by atoms with E-state index in [0.29, 0.717) is 23.4 Å². The molecule has 0 fully saturated rings. The molecule has 0 spiro atoms. The fourth-order valence-corrected chi connectivity index (χ4v) is 3.48. The maximum absolute atomic E-state index is 12.7. The summed E-state index contributed by atoms with van der Waals surface area (Å²) < 4.78 is 0. The molecular formula is C19H16N2O3. The van der Waals surface area contributed by atoms with Crippen molar-refractivity contribution in [3.8, 4) is 0 Å². The molecule has 0 saturated carbocycles. The number of carbonyl (C=O) groups excluding carboxylic acids is 3. The van der Waals surface area contributed by atoms with Gasteiger partial charge in [-0.1, -0.05) is 24.3 Å². The molecule has 120 valence electrons. The SMILES string of the molecule is CC1(C)C(=O)NCc2c(N3C(=O)c4ccccc4C3=O)cccc21. The van der Waals surface area contributed by atoms with Crippen molar-refractivity contribution in [3.05, 3.63) is 64.7 Å². The number of fused-ring (bicyclic) bond motifs is 2. The fraction of sp³-hybridized carbons (Fsp3) is 0.211. The van der Waals surface area contributed by atoms with E-state index >= 15 is 0 Å². The summed E-state index contributed by atoms with van der Waals surface area (Å²) in [5.74, 6) is -0.702. The van der Waals surface area contributed by atoms with E-state index in [-0.39, 0.29) is 17.7 Å². The fourth-order valence-electron chi connectivity index (χ4n) is 3.48. The first-order chi connectivity index (χ1) is 11.4. The van der Waals surface area contributed by atoms with Gasteiger partial charge in [0.25, 0.3) is 11.8 Å². The maximum Gasteiger partial charge on any atom is 0.266 e. The summed E-state index contributed by atoms with van der Waals surface area (Å²) >= 11 is 0. The van der Waals surface area contributed by atoms with Crippen LogP contribution in [0.25, 0.3) is 0 Å². The van der Waals surface area contributed by atoms with Crippen molar-refractivity contribution in [1.82, 2.24) is 5.32 Å². The zero-order valence-electron chi connectivity index (χ0n) is 13.4. The Morgan fingerprint density at radius 1 is 0.917 bits per heavy atom. The van der Waals surface area contributed by atoms with E-state index in [4.69, 9.17) is 0 Å². The Balaban J connectivity index is 1.89. The molecule has 0 atom stereocenters. The molecular weight excluding hydrogens is 304 g/mol. The van der Waals surface area contributed by atoms with Crippen LogP contribution in [0.3, 0.4) is 0 Å². The molecule has 0 radical (unpaired) electrons. The third-order valence-corrected chi connectivity index (χ3v) is 4.85. The summed E-state index contributed by atoms with van der Waals surface area (Å²) in [6, 6.07) is 12.3. The van der Waals surface area contributed by atoms with Crippen LogP contribution in [0, 0.1) is 0 Å². The van der Waals surface area contributed by atoms with Gasteiger partial charge in [0.2, 0.25) is 5.91 Å². The topological polar surface area (TPSA) is 66.5 Å². The number of nitrogens with one attached hydrogen (secondary N) is 1. The summed E-state index contributed by atoms with van der Waals surface area (Å²) in [6.45, 7) is 3.99. The van der Waals surface area contributed by atoms with Crippen molar-refractivity contribution in [3.63, 3.8) is 0 Å². The Morgan fingerprint density at radius 2 is 1.54 bits per heavy atom.